The Hall–Kier alpha value is -7.63. The Labute approximate surface area is 411 Å². The lowest BCUT2D eigenvalue weighted by molar-refractivity contribution is 0.657. The second-order valence-corrected chi connectivity index (χ2v) is 21.1. The standard InChI is InChI=1S/C65H48N2S2/c1-65(2)57-26-11-9-21-50(57)51-38-32-42(39-58(51)65)31-37-48(45-35-33-44(34-36-45)43-17-5-3-6-18-43)55-40-47(41-56-53-22-10-13-29-61(53)68-63(55)56)67(46-19-7-4-8-20-46)60-28-16-23-49-52(60)24-15-25-54(49)64-66-59-27-12-14-30-62(59)69-64/h3-30,32-36,38-41,48H,31,37H2,1-2H3. The minimum atomic E-state index is -0.0517. The van der Waals surface area contributed by atoms with E-state index in [1.165, 1.54) is 85.7 Å². The zero-order chi connectivity index (χ0) is 46.1. The second-order valence-electron chi connectivity index (χ2n) is 19.0. The van der Waals surface area contributed by atoms with Crippen LogP contribution >= 0.6 is 22.7 Å². The summed E-state index contributed by atoms with van der Waals surface area (Å²) in [4.78, 5) is 7.64. The number of benzene rings is 10. The van der Waals surface area contributed by atoms with Gasteiger partial charge >= 0.3 is 0 Å². The van der Waals surface area contributed by atoms with E-state index in [2.05, 4.69) is 243 Å². The van der Waals surface area contributed by atoms with Crippen LogP contribution in [0.1, 0.15) is 54.0 Å². The Morgan fingerprint density at radius 1 is 0.478 bits per heavy atom. The Morgan fingerprint density at radius 3 is 1.99 bits per heavy atom. The third-order valence-corrected chi connectivity index (χ3v) is 16.9. The molecule has 1 atom stereocenters. The van der Waals surface area contributed by atoms with Crippen LogP contribution in [0, 0.1) is 0 Å². The molecular formula is C65H48N2S2. The molecule has 13 rings (SSSR count). The average Bonchev–Trinajstić information content (AvgIpc) is 4.07. The minimum Gasteiger partial charge on any atom is -0.310 e. The van der Waals surface area contributed by atoms with E-state index in [1.807, 2.05) is 11.3 Å². The number of fused-ring (bicyclic) bond motifs is 8. The molecule has 69 heavy (non-hydrogen) atoms. The summed E-state index contributed by atoms with van der Waals surface area (Å²) in [6, 6.07) is 83.3. The quantitative estimate of drug-likeness (QED) is 0.136. The molecule has 10 aromatic carbocycles. The molecule has 2 heterocycles. The third-order valence-electron chi connectivity index (χ3n) is 14.6. The van der Waals surface area contributed by atoms with Crippen LogP contribution in [0.5, 0.6) is 0 Å². The molecule has 0 spiro atoms. The summed E-state index contributed by atoms with van der Waals surface area (Å²) in [5.74, 6) is 0.111. The summed E-state index contributed by atoms with van der Waals surface area (Å²) in [5.41, 5.74) is 17.7. The molecule has 1 unspecified atom stereocenters. The molecule has 4 heteroatoms. The molecule has 0 aliphatic heterocycles. The van der Waals surface area contributed by atoms with Crippen LogP contribution in [0.4, 0.5) is 17.1 Å². The lowest BCUT2D eigenvalue weighted by Crippen LogP contribution is -2.15. The van der Waals surface area contributed by atoms with E-state index in [1.54, 1.807) is 11.3 Å². The van der Waals surface area contributed by atoms with Crippen LogP contribution in [0.25, 0.3) is 74.0 Å². The zero-order valence-electron chi connectivity index (χ0n) is 38.6. The van der Waals surface area contributed by atoms with Gasteiger partial charge in [-0.15, -0.1) is 22.7 Å². The largest absolute Gasteiger partial charge is 0.310 e. The number of aromatic nitrogens is 1. The van der Waals surface area contributed by atoms with E-state index < -0.39 is 0 Å². The smallest absolute Gasteiger partial charge is 0.125 e. The SMILES string of the molecule is CC1(C)c2ccccc2-c2ccc(CCC(c3ccc(-c4ccccc4)cc3)c3cc(N(c4ccccc4)c4cccc5c(-c6nc7ccccc7s6)cccc45)cc4c3sc3ccccc34)cc21. The maximum absolute atomic E-state index is 5.14. The van der Waals surface area contributed by atoms with Gasteiger partial charge in [-0.25, -0.2) is 4.98 Å². The fraction of sp³-hybridized carbons (Fsp3) is 0.0923. The number of rotatable bonds is 10. The Morgan fingerprint density at radius 2 is 1.14 bits per heavy atom. The van der Waals surface area contributed by atoms with Crippen molar-refractivity contribution >= 4 is 80.9 Å². The first-order valence-corrected chi connectivity index (χ1v) is 25.7. The molecule has 1 aliphatic rings. The van der Waals surface area contributed by atoms with Crippen molar-refractivity contribution in [3.63, 3.8) is 0 Å². The molecule has 0 bridgehead atoms. The molecule has 12 aromatic rings. The Bertz CT molecular complexity index is 3850. The van der Waals surface area contributed by atoms with Crippen molar-refractivity contribution < 1.29 is 0 Å². The molecule has 0 N–H and O–H groups in total. The van der Waals surface area contributed by atoms with Crippen LogP contribution in [0.3, 0.4) is 0 Å². The predicted molar refractivity (Wildman–Crippen MR) is 296 cm³/mol. The third kappa shape index (κ3) is 7.17. The average molecular weight is 921 g/mol. The van der Waals surface area contributed by atoms with E-state index in [0.29, 0.717) is 0 Å². The van der Waals surface area contributed by atoms with Crippen molar-refractivity contribution in [3.05, 3.63) is 252 Å². The van der Waals surface area contributed by atoms with E-state index in [9.17, 15) is 0 Å². The van der Waals surface area contributed by atoms with Crippen molar-refractivity contribution in [3.8, 4) is 32.8 Å². The highest BCUT2D eigenvalue weighted by Gasteiger charge is 2.35. The van der Waals surface area contributed by atoms with E-state index in [4.69, 9.17) is 4.98 Å². The first-order valence-electron chi connectivity index (χ1n) is 24.0. The number of thiazole rings is 1. The highest BCUT2D eigenvalue weighted by Crippen LogP contribution is 2.51. The fourth-order valence-corrected chi connectivity index (χ4v) is 13.4. The van der Waals surface area contributed by atoms with E-state index in [-0.39, 0.29) is 11.3 Å². The predicted octanol–water partition coefficient (Wildman–Crippen LogP) is 18.7. The maximum atomic E-state index is 5.14. The zero-order valence-corrected chi connectivity index (χ0v) is 40.2. The summed E-state index contributed by atoms with van der Waals surface area (Å²) in [7, 11) is 0. The van der Waals surface area contributed by atoms with Crippen LogP contribution < -0.4 is 4.90 Å². The molecule has 0 saturated carbocycles. The van der Waals surface area contributed by atoms with Gasteiger partial charge < -0.3 is 4.90 Å². The maximum Gasteiger partial charge on any atom is 0.125 e. The summed E-state index contributed by atoms with van der Waals surface area (Å²) in [5, 5.41) is 6.00. The number of thiophene rings is 1. The van der Waals surface area contributed by atoms with Crippen LogP contribution in [-0.2, 0) is 11.8 Å². The lowest BCUT2D eigenvalue weighted by Gasteiger charge is -2.29. The number of hydrogen-bond acceptors (Lipinski definition) is 4. The molecular weight excluding hydrogens is 873 g/mol. The van der Waals surface area contributed by atoms with Crippen LogP contribution in [0.15, 0.2) is 224 Å². The van der Waals surface area contributed by atoms with Crippen molar-refractivity contribution in [1.29, 1.82) is 0 Å². The van der Waals surface area contributed by atoms with Crippen molar-refractivity contribution in [1.82, 2.24) is 4.98 Å². The van der Waals surface area contributed by atoms with E-state index >= 15 is 0 Å². The molecule has 2 nitrogen and oxygen atoms in total. The molecule has 0 radical (unpaired) electrons. The summed E-state index contributed by atoms with van der Waals surface area (Å²) >= 11 is 3.69. The number of anilines is 3. The summed E-state index contributed by atoms with van der Waals surface area (Å²) < 4.78 is 3.86. The van der Waals surface area contributed by atoms with Gasteiger partial charge in [-0.1, -0.05) is 190 Å². The molecule has 0 fully saturated rings. The van der Waals surface area contributed by atoms with Gasteiger partial charge in [-0.3, -0.25) is 0 Å². The van der Waals surface area contributed by atoms with Gasteiger partial charge in [0.2, 0.25) is 0 Å². The van der Waals surface area contributed by atoms with E-state index in [0.717, 1.165) is 46.0 Å². The molecule has 1 aliphatic carbocycles. The lowest BCUT2D eigenvalue weighted by atomic mass is 9.81. The van der Waals surface area contributed by atoms with Crippen molar-refractivity contribution in [2.75, 3.05) is 4.90 Å². The number of hydrogen-bond donors (Lipinski definition) is 0. The second kappa shape index (κ2) is 16.9. The van der Waals surface area contributed by atoms with Gasteiger partial charge in [0.15, 0.2) is 0 Å². The highest BCUT2D eigenvalue weighted by molar-refractivity contribution is 7.26. The molecule has 2 aromatic heterocycles. The number of para-hydroxylation sites is 2. The fourth-order valence-electron chi connectivity index (χ4n) is 11.2. The molecule has 0 amide bonds. The van der Waals surface area contributed by atoms with Crippen molar-refractivity contribution in [2.24, 2.45) is 0 Å². The topological polar surface area (TPSA) is 16.1 Å². The van der Waals surface area contributed by atoms with Crippen molar-refractivity contribution in [2.45, 2.75) is 38.0 Å². The minimum absolute atomic E-state index is 0.0517. The van der Waals surface area contributed by atoms with Gasteiger partial charge in [-0.05, 0) is 117 Å². The number of aryl methyl sites for hydroxylation is 1. The van der Waals surface area contributed by atoms with Crippen LogP contribution in [0.2, 0.25) is 0 Å². The highest BCUT2D eigenvalue weighted by atomic mass is 32.1. The van der Waals surface area contributed by atoms with Gasteiger partial charge in [0.1, 0.15) is 5.01 Å². The first-order chi connectivity index (χ1) is 34.0. The molecule has 330 valence electrons. The van der Waals surface area contributed by atoms with Crippen LogP contribution in [-0.4, -0.2) is 4.98 Å². The van der Waals surface area contributed by atoms with Gasteiger partial charge in [0.05, 0.1) is 15.9 Å². The summed E-state index contributed by atoms with van der Waals surface area (Å²) in [6.45, 7) is 4.77. The Balaban J connectivity index is 0.998. The van der Waals surface area contributed by atoms with Gasteiger partial charge in [0, 0.05) is 53.8 Å². The first kappa shape index (κ1) is 41.5. The van der Waals surface area contributed by atoms with Gasteiger partial charge in [-0.2, -0.15) is 0 Å². The number of nitrogens with zero attached hydrogens (tertiary/aromatic N) is 2. The van der Waals surface area contributed by atoms with Gasteiger partial charge in [0.25, 0.3) is 0 Å². The normalized spacial score (nSPS) is 13.2. The summed E-state index contributed by atoms with van der Waals surface area (Å²) in [6.07, 6.45) is 1.90. The molecule has 0 saturated heterocycles. The Kier molecular flexibility index (Phi) is 10.1. The monoisotopic (exact) mass is 920 g/mol.